The van der Waals surface area contributed by atoms with Gasteiger partial charge in [-0.15, -0.1) is 0 Å². The van der Waals surface area contributed by atoms with E-state index in [-0.39, 0.29) is 5.97 Å². The molecule has 0 saturated carbocycles. The second-order valence-electron chi connectivity index (χ2n) is 2.03. The van der Waals surface area contributed by atoms with Crippen molar-refractivity contribution >= 4 is 5.97 Å². The molecule has 0 heterocycles. The van der Waals surface area contributed by atoms with Gasteiger partial charge in [0.1, 0.15) is 0 Å². The van der Waals surface area contributed by atoms with Crippen molar-refractivity contribution in [3.8, 4) is 0 Å². The van der Waals surface area contributed by atoms with Crippen LogP contribution in [0.3, 0.4) is 0 Å². The van der Waals surface area contributed by atoms with E-state index in [2.05, 4.69) is 9.78 Å². The zero-order valence-corrected chi connectivity index (χ0v) is 6.55. The van der Waals surface area contributed by atoms with Crippen LogP contribution in [0.25, 0.3) is 0 Å². The van der Waals surface area contributed by atoms with Gasteiger partial charge in [0, 0.05) is 6.42 Å². The molecule has 0 spiro atoms. The minimum absolute atomic E-state index is 0.282. The molecular weight excluding hydrogens is 132 g/mol. The molecule has 0 amide bonds. The molecule has 0 aliphatic heterocycles. The third kappa shape index (κ3) is 5.56. The van der Waals surface area contributed by atoms with Crippen LogP contribution in [0.15, 0.2) is 0 Å². The van der Waals surface area contributed by atoms with E-state index in [1.165, 1.54) is 0 Å². The summed E-state index contributed by atoms with van der Waals surface area (Å²) >= 11 is 0. The molecule has 0 atom stereocenters. The van der Waals surface area contributed by atoms with Gasteiger partial charge in [-0.1, -0.05) is 13.8 Å². The minimum Gasteiger partial charge on any atom is -0.298 e. The van der Waals surface area contributed by atoms with E-state index in [4.69, 9.17) is 0 Å². The Bertz CT molecular complexity index is 90.9. The number of hydrogen-bond acceptors (Lipinski definition) is 3. The van der Waals surface area contributed by atoms with Gasteiger partial charge in [-0.25, -0.2) is 4.79 Å². The van der Waals surface area contributed by atoms with E-state index in [9.17, 15) is 4.79 Å². The topological polar surface area (TPSA) is 35.5 Å². The molecule has 0 aliphatic carbocycles. The first-order valence-corrected chi connectivity index (χ1v) is 3.63. The van der Waals surface area contributed by atoms with Crippen molar-refractivity contribution < 1.29 is 14.6 Å². The summed E-state index contributed by atoms with van der Waals surface area (Å²) in [4.78, 5) is 19.5. The molecule has 0 saturated heterocycles. The molecular formula is C7H14O3. The van der Waals surface area contributed by atoms with E-state index >= 15 is 0 Å². The Hall–Kier alpha value is -0.570. The lowest BCUT2D eigenvalue weighted by Gasteiger charge is -1.99. The third-order valence-electron chi connectivity index (χ3n) is 0.893. The Balaban J connectivity index is 3.05. The highest BCUT2D eigenvalue weighted by atomic mass is 17.2. The lowest BCUT2D eigenvalue weighted by molar-refractivity contribution is -0.272. The molecule has 0 aromatic carbocycles. The predicted molar refractivity (Wildman–Crippen MR) is 37.2 cm³/mol. The van der Waals surface area contributed by atoms with Gasteiger partial charge in [0.2, 0.25) is 0 Å². The summed E-state index contributed by atoms with van der Waals surface area (Å²) in [7, 11) is 0. The zero-order valence-electron chi connectivity index (χ0n) is 6.55. The standard InChI is InChI=1S/C7H14O3/c1-3-5-7(8)10-9-6-4-2/h3-6H2,1-2H3. The maximum Gasteiger partial charge on any atom is 0.342 e. The molecule has 10 heavy (non-hydrogen) atoms. The monoisotopic (exact) mass is 146 g/mol. The lowest BCUT2D eigenvalue weighted by atomic mass is 10.3. The third-order valence-corrected chi connectivity index (χ3v) is 0.893. The average molecular weight is 146 g/mol. The summed E-state index contributed by atoms with van der Waals surface area (Å²) in [5, 5.41) is 0. The Morgan fingerprint density at radius 1 is 1.30 bits per heavy atom. The van der Waals surface area contributed by atoms with Crippen molar-refractivity contribution in [2.24, 2.45) is 0 Å². The summed E-state index contributed by atoms with van der Waals surface area (Å²) in [6.45, 7) is 4.35. The van der Waals surface area contributed by atoms with Crippen LogP contribution < -0.4 is 0 Å². The van der Waals surface area contributed by atoms with Gasteiger partial charge in [0.25, 0.3) is 0 Å². The fraction of sp³-hybridized carbons (Fsp3) is 0.857. The fourth-order valence-corrected chi connectivity index (χ4v) is 0.437. The van der Waals surface area contributed by atoms with E-state index in [0.717, 1.165) is 12.8 Å². The van der Waals surface area contributed by atoms with Crippen LogP contribution in [0.2, 0.25) is 0 Å². The average Bonchev–Trinajstić information content (AvgIpc) is 1.89. The van der Waals surface area contributed by atoms with Gasteiger partial charge in [0.15, 0.2) is 0 Å². The molecule has 0 aromatic rings. The molecule has 60 valence electrons. The summed E-state index contributed by atoms with van der Waals surface area (Å²) in [6, 6.07) is 0. The molecule has 0 bridgehead atoms. The van der Waals surface area contributed by atoms with Crippen molar-refractivity contribution in [2.75, 3.05) is 6.61 Å². The number of carbonyl (C=O) groups excluding carboxylic acids is 1. The first-order valence-electron chi connectivity index (χ1n) is 3.63. The normalized spacial score (nSPS) is 9.40. The highest BCUT2D eigenvalue weighted by Gasteiger charge is 1.99. The van der Waals surface area contributed by atoms with Gasteiger partial charge in [-0.3, -0.25) is 4.89 Å². The Kier molecular flexibility index (Phi) is 6.18. The Morgan fingerprint density at radius 3 is 2.50 bits per heavy atom. The Labute approximate surface area is 61.2 Å². The molecule has 0 fully saturated rings. The summed E-state index contributed by atoms with van der Waals surface area (Å²) in [5.41, 5.74) is 0. The fourth-order valence-electron chi connectivity index (χ4n) is 0.437. The van der Waals surface area contributed by atoms with Crippen LogP contribution in [-0.2, 0) is 14.6 Å². The van der Waals surface area contributed by atoms with Crippen LogP contribution in [0.4, 0.5) is 0 Å². The van der Waals surface area contributed by atoms with Crippen molar-refractivity contribution in [3.05, 3.63) is 0 Å². The van der Waals surface area contributed by atoms with Crippen molar-refractivity contribution in [3.63, 3.8) is 0 Å². The van der Waals surface area contributed by atoms with Gasteiger partial charge in [-0.2, -0.15) is 4.89 Å². The van der Waals surface area contributed by atoms with Gasteiger partial charge in [-0.05, 0) is 12.8 Å². The van der Waals surface area contributed by atoms with E-state index in [1.807, 2.05) is 13.8 Å². The molecule has 3 heteroatoms. The maximum absolute atomic E-state index is 10.6. The van der Waals surface area contributed by atoms with Crippen LogP contribution in [-0.4, -0.2) is 12.6 Å². The smallest absolute Gasteiger partial charge is 0.298 e. The van der Waals surface area contributed by atoms with Crippen molar-refractivity contribution in [2.45, 2.75) is 33.1 Å². The van der Waals surface area contributed by atoms with E-state index < -0.39 is 0 Å². The van der Waals surface area contributed by atoms with Crippen molar-refractivity contribution in [1.29, 1.82) is 0 Å². The largest absolute Gasteiger partial charge is 0.342 e. The predicted octanol–water partition coefficient (Wildman–Crippen LogP) is 1.67. The van der Waals surface area contributed by atoms with Gasteiger partial charge < -0.3 is 0 Å². The van der Waals surface area contributed by atoms with Gasteiger partial charge >= 0.3 is 5.97 Å². The molecule has 0 radical (unpaired) electrons. The SMILES string of the molecule is CCCOOC(=O)CCC. The van der Waals surface area contributed by atoms with Gasteiger partial charge in [0.05, 0.1) is 6.61 Å². The zero-order chi connectivity index (χ0) is 7.82. The minimum atomic E-state index is -0.282. The second-order valence-corrected chi connectivity index (χ2v) is 2.03. The molecule has 0 unspecified atom stereocenters. The van der Waals surface area contributed by atoms with Crippen LogP contribution in [0, 0.1) is 0 Å². The maximum atomic E-state index is 10.6. The molecule has 3 nitrogen and oxygen atoms in total. The summed E-state index contributed by atoms with van der Waals surface area (Å²) < 4.78 is 0. The highest BCUT2D eigenvalue weighted by molar-refractivity contribution is 5.68. The van der Waals surface area contributed by atoms with E-state index in [1.54, 1.807) is 0 Å². The molecule has 0 rings (SSSR count). The van der Waals surface area contributed by atoms with E-state index in [0.29, 0.717) is 13.0 Å². The van der Waals surface area contributed by atoms with Crippen LogP contribution in [0.5, 0.6) is 0 Å². The molecule has 0 aromatic heterocycles. The highest BCUT2D eigenvalue weighted by Crippen LogP contribution is 1.92. The first kappa shape index (κ1) is 9.43. The second kappa shape index (κ2) is 6.55. The number of rotatable bonds is 5. The first-order chi connectivity index (χ1) is 4.81. The quantitative estimate of drug-likeness (QED) is 0.336. The van der Waals surface area contributed by atoms with Crippen LogP contribution >= 0.6 is 0 Å². The Morgan fingerprint density at radius 2 is 2.00 bits per heavy atom. The van der Waals surface area contributed by atoms with Crippen molar-refractivity contribution in [1.82, 2.24) is 0 Å². The lowest BCUT2D eigenvalue weighted by Crippen LogP contribution is -2.04. The molecule has 0 N–H and O–H groups in total. The summed E-state index contributed by atoms with van der Waals surface area (Å²) in [5.74, 6) is -0.282. The van der Waals surface area contributed by atoms with Crippen LogP contribution in [0.1, 0.15) is 33.1 Å². The molecule has 0 aliphatic rings. The number of carbonyl (C=O) groups is 1. The number of hydrogen-bond donors (Lipinski definition) is 0. The summed E-state index contributed by atoms with van der Waals surface area (Å²) in [6.07, 6.45) is 2.09.